The van der Waals surface area contributed by atoms with Crippen LogP contribution in [0.5, 0.6) is 0 Å². The third kappa shape index (κ3) is 0.912. The van der Waals surface area contributed by atoms with E-state index in [0.717, 1.165) is 19.5 Å². The Morgan fingerprint density at radius 3 is 2.11 bits per heavy atom. The molecule has 6 unspecified atom stereocenters. The van der Waals surface area contributed by atoms with Gasteiger partial charge in [-0.25, -0.2) is 0 Å². The van der Waals surface area contributed by atoms with E-state index in [4.69, 9.17) is 0 Å². The molecule has 94 valence electrons. The lowest BCUT2D eigenvalue weighted by Gasteiger charge is -2.19. The second-order valence-electron chi connectivity index (χ2n) is 6.52. The number of rotatable bonds is 1. The van der Waals surface area contributed by atoms with Gasteiger partial charge in [0.1, 0.15) is 0 Å². The number of hydrogen-bond donors (Lipinski definition) is 1. The molecule has 2 bridgehead atoms. The normalized spacial score (nSPS) is 55.3. The lowest BCUT2D eigenvalue weighted by Crippen LogP contribution is -2.39. The van der Waals surface area contributed by atoms with Crippen LogP contribution in [0.3, 0.4) is 0 Å². The van der Waals surface area contributed by atoms with Gasteiger partial charge in [0, 0.05) is 19.1 Å². The van der Waals surface area contributed by atoms with E-state index in [1.54, 1.807) is 4.90 Å². The van der Waals surface area contributed by atoms with Gasteiger partial charge in [-0.05, 0) is 30.1 Å². The summed E-state index contributed by atoms with van der Waals surface area (Å²) in [4.78, 5) is 26.8. The maximum atomic E-state index is 12.6. The SMILES string of the molecule is O=C1C2C3C=CC(C3)C2C(=O)N1C1C2CNCC21. The van der Waals surface area contributed by atoms with Crippen molar-refractivity contribution in [3.05, 3.63) is 12.2 Å². The second-order valence-corrected chi connectivity index (χ2v) is 6.52. The van der Waals surface area contributed by atoms with Crippen LogP contribution < -0.4 is 5.32 Å². The van der Waals surface area contributed by atoms with Gasteiger partial charge in [-0.1, -0.05) is 12.2 Å². The van der Waals surface area contributed by atoms with Gasteiger partial charge in [0.05, 0.1) is 11.8 Å². The molecule has 0 radical (unpaired) electrons. The molecule has 0 aromatic rings. The molecule has 18 heavy (non-hydrogen) atoms. The minimum absolute atomic E-state index is 0.0122. The van der Waals surface area contributed by atoms with Crippen LogP contribution in [0.2, 0.25) is 0 Å². The summed E-state index contributed by atoms with van der Waals surface area (Å²) in [5.74, 6) is 2.03. The van der Waals surface area contributed by atoms with Crippen LogP contribution >= 0.6 is 0 Å². The Balaban J connectivity index is 1.50. The first kappa shape index (κ1) is 9.73. The van der Waals surface area contributed by atoms with E-state index in [0.29, 0.717) is 23.7 Å². The maximum absolute atomic E-state index is 12.6. The first-order valence-electron chi connectivity index (χ1n) is 7.03. The van der Waals surface area contributed by atoms with Crippen LogP contribution in [0, 0.1) is 35.5 Å². The Hall–Kier alpha value is -1.16. The maximum Gasteiger partial charge on any atom is 0.233 e. The average molecular weight is 244 g/mol. The monoisotopic (exact) mass is 244 g/mol. The zero-order valence-electron chi connectivity index (χ0n) is 10.1. The van der Waals surface area contributed by atoms with E-state index in [9.17, 15) is 9.59 Å². The van der Waals surface area contributed by atoms with Gasteiger partial charge in [0.25, 0.3) is 0 Å². The number of fused-ring (bicyclic) bond motifs is 6. The molecule has 0 aromatic carbocycles. The van der Waals surface area contributed by atoms with Crippen LogP contribution in [0.25, 0.3) is 0 Å². The topological polar surface area (TPSA) is 49.4 Å². The van der Waals surface area contributed by atoms with Gasteiger partial charge >= 0.3 is 0 Å². The molecule has 0 aromatic heterocycles. The summed E-state index contributed by atoms with van der Waals surface area (Å²) in [6, 6.07) is 0.233. The molecule has 0 spiro atoms. The fourth-order valence-electron chi connectivity index (χ4n) is 4.99. The smallest absolute Gasteiger partial charge is 0.233 e. The number of amides is 2. The quantitative estimate of drug-likeness (QED) is 0.522. The summed E-state index contributed by atoms with van der Waals surface area (Å²) in [7, 11) is 0. The number of carbonyl (C=O) groups is 2. The van der Waals surface area contributed by atoms with Crippen LogP contribution in [0.1, 0.15) is 6.42 Å². The molecule has 2 saturated heterocycles. The lowest BCUT2D eigenvalue weighted by molar-refractivity contribution is -0.141. The second kappa shape index (κ2) is 2.87. The standard InChI is InChI=1S/C14H16N2O2/c17-13-10-6-1-2-7(3-6)11(10)14(18)16(13)12-8-4-15-5-9(8)12/h1-2,6-12,15H,3-5H2. The van der Waals surface area contributed by atoms with Gasteiger partial charge in [-0.2, -0.15) is 0 Å². The zero-order chi connectivity index (χ0) is 12.0. The van der Waals surface area contributed by atoms with Crippen molar-refractivity contribution in [1.29, 1.82) is 0 Å². The van der Waals surface area contributed by atoms with Crippen molar-refractivity contribution in [2.24, 2.45) is 35.5 Å². The molecule has 5 aliphatic rings. The van der Waals surface area contributed by atoms with Gasteiger partial charge in [0.15, 0.2) is 0 Å². The Labute approximate surface area is 105 Å². The minimum Gasteiger partial charge on any atom is -0.316 e. The van der Waals surface area contributed by atoms with Crippen molar-refractivity contribution in [2.45, 2.75) is 12.5 Å². The number of nitrogens with one attached hydrogen (secondary N) is 1. The molecule has 3 aliphatic carbocycles. The van der Waals surface area contributed by atoms with Crippen molar-refractivity contribution in [2.75, 3.05) is 13.1 Å². The summed E-state index contributed by atoms with van der Waals surface area (Å²) in [5, 5.41) is 3.32. The molecule has 2 amide bonds. The highest BCUT2D eigenvalue weighted by molar-refractivity contribution is 6.07. The molecule has 1 N–H and O–H groups in total. The predicted molar refractivity (Wildman–Crippen MR) is 63.2 cm³/mol. The molecular weight excluding hydrogens is 228 g/mol. The van der Waals surface area contributed by atoms with Crippen LogP contribution in [0.4, 0.5) is 0 Å². The third-order valence-corrected chi connectivity index (χ3v) is 5.85. The van der Waals surface area contributed by atoms with Crippen molar-refractivity contribution >= 4 is 11.8 Å². The summed E-state index contributed by atoms with van der Waals surface area (Å²) in [5.41, 5.74) is 0. The fraction of sp³-hybridized carbons (Fsp3) is 0.714. The summed E-state index contributed by atoms with van der Waals surface area (Å²) < 4.78 is 0. The number of carbonyl (C=O) groups excluding carboxylic acids is 2. The first-order chi connectivity index (χ1) is 8.77. The Morgan fingerprint density at radius 1 is 1.00 bits per heavy atom. The van der Waals surface area contributed by atoms with Crippen molar-refractivity contribution in [3.63, 3.8) is 0 Å². The van der Waals surface area contributed by atoms with E-state index >= 15 is 0 Å². The predicted octanol–water partition coefficient (Wildman–Crippen LogP) is 0.0113. The zero-order valence-corrected chi connectivity index (χ0v) is 10.1. The average Bonchev–Trinajstić information content (AvgIpc) is 2.90. The molecule has 4 nitrogen and oxygen atoms in total. The molecular formula is C14H16N2O2. The van der Waals surface area contributed by atoms with Crippen molar-refractivity contribution in [1.82, 2.24) is 10.2 Å². The lowest BCUT2D eigenvalue weighted by atomic mass is 9.85. The Morgan fingerprint density at radius 2 is 1.56 bits per heavy atom. The summed E-state index contributed by atoms with van der Waals surface area (Å²) in [6.45, 7) is 1.96. The van der Waals surface area contributed by atoms with Gasteiger partial charge in [0.2, 0.25) is 11.8 Å². The number of allylic oxidation sites excluding steroid dienone is 2. The minimum atomic E-state index is -0.0122. The molecule has 2 aliphatic heterocycles. The largest absolute Gasteiger partial charge is 0.316 e. The van der Waals surface area contributed by atoms with Crippen LogP contribution in [0.15, 0.2) is 12.2 Å². The number of imide groups is 1. The number of piperidine rings is 1. The molecule has 6 atom stereocenters. The molecule has 4 fully saturated rings. The number of likely N-dealkylation sites (tertiary alicyclic amines) is 1. The van der Waals surface area contributed by atoms with E-state index in [1.807, 2.05) is 0 Å². The molecule has 2 heterocycles. The highest BCUT2D eigenvalue weighted by Crippen LogP contribution is 2.56. The number of hydrogen-bond acceptors (Lipinski definition) is 3. The Bertz CT molecular complexity index is 460. The van der Waals surface area contributed by atoms with E-state index in [1.165, 1.54) is 0 Å². The fourth-order valence-corrected chi connectivity index (χ4v) is 4.99. The molecule has 5 rings (SSSR count). The van der Waals surface area contributed by atoms with Crippen molar-refractivity contribution in [3.8, 4) is 0 Å². The summed E-state index contributed by atoms with van der Waals surface area (Å²) >= 11 is 0. The number of nitrogens with zero attached hydrogens (tertiary/aromatic N) is 1. The van der Waals surface area contributed by atoms with Gasteiger partial charge in [-0.3, -0.25) is 14.5 Å². The van der Waals surface area contributed by atoms with E-state index in [2.05, 4.69) is 17.5 Å². The van der Waals surface area contributed by atoms with E-state index < -0.39 is 0 Å². The Kier molecular flexibility index (Phi) is 1.55. The van der Waals surface area contributed by atoms with Gasteiger partial charge in [-0.15, -0.1) is 0 Å². The first-order valence-corrected chi connectivity index (χ1v) is 7.03. The summed E-state index contributed by atoms with van der Waals surface area (Å²) in [6.07, 6.45) is 5.35. The highest BCUT2D eigenvalue weighted by Gasteiger charge is 2.66. The van der Waals surface area contributed by atoms with Gasteiger partial charge < -0.3 is 5.32 Å². The molecule has 2 saturated carbocycles. The van der Waals surface area contributed by atoms with Crippen LogP contribution in [-0.2, 0) is 9.59 Å². The molecule has 4 heteroatoms. The van der Waals surface area contributed by atoms with E-state index in [-0.39, 0.29) is 29.7 Å². The van der Waals surface area contributed by atoms with Crippen LogP contribution in [-0.4, -0.2) is 35.8 Å². The van der Waals surface area contributed by atoms with Crippen molar-refractivity contribution < 1.29 is 9.59 Å². The highest BCUT2D eigenvalue weighted by atomic mass is 16.2. The third-order valence-electron chi connectivity index (χ3n) is 5.85.